The SMILES string of the molecule is CC1CCC(C)N(CC2CCCCCC2=O)C1. The van der Waals surface area contributed by atoms with Crippen LogP contribution in [0.25, 0.3) is 0 Å². The summed E-state index contributed by atoms with van der Waals surface area (Å²) >= 11 is 0. The quantitative estimate of drug-likeness (QED) is 0.687. The molecule has 1 saturated carbocycles. The van der Waals surface area contributed by atoms with Crippen molar-refractivity contribution in [1.29, 1.82) is 0 Å². The van der Waals surface area contributed by atoms with Crippen LogP contribution in [0.2, 0.25) is 0 Å². The van der Waals surface area contributed by atoms with E-state index in [1.54, 1.807) is 0 Å². The molecule has 0 aromatic carbocycles. The molecule has 17 heavy (non-hydrogen) atoms. The number of carbonyl (C=O) groups excluding carboxylic acids is 1. The zero-order valence-electron chi connectivity index (χ0n) is 11.5. The molecule has 2 aliphatic rings. The molecule has 3 unspecified atom stereocenters. The highest BCUT2D eigenvalue weighted by Crippen LogP contribution is 2.26. The lowest BCUT2D eigenvalue weighted by Gasteiger charge is -2.38. The molecule has 0 bridgehead atoms. The number of hydrogen-bond acceptors (Lipinski definition) is 2. The Kier molecular flexibility index (Phi) is 4.61. The Bertz CT molecular complexity index is 264. The van der Waals surface area contributed by atoms with Crippen molar-refractivity contribution < 1.29 is 4.79 Å². The van der Waals surface area contributed by atoms with Crippen molar-refractivity contribution in [2.24, 2.45) is 11.8 Å². The Morgan fingerprint density at radius 1 is 1.12 bits per heavy atom. The van der Waals surface area contributed by atoms with Crippen molar-refractivity contribution in [1.82, 2.24) is 4.90 Å². The second-order valence-electron chi connectivity index (χ2n) is 6.25. The number of Topliss-reactive ketones (excluding diaryl/α,β-unsaturated/α-hetero) is 1. The molecule has 1 aliphatic carbocycles. The first-order valence-electron chi connectivity index (χ1n) is 7.43. The van der Waals surface area contributed by atoms with Gasteiger partial charge in [0.15, 0.2) is 0 Å². The maximum Gasteiger partial charge on any atom is 0.137 e. The van der Waals surface area contributed by atoms with Crippen LogP contribution in [0.1, 0.15) is 58.8 Å². The first kappa shape index (κ1) is 13.1. The second-order valence-corrected chi connectivity index (χ2v) is 6.25. The van der Waals surface area contributed by atoms with E-state index in [2.05, 4.69) is 18.7 Å². The molecule has 0 spiro atoms. The van der Waals surface area contributed by atoms with Crippen LogP contribution >= 0.6 is 0 Å². The lowest BCUT2D eigenvalue weighted by atomic mass is 9.91. The number of ketones is 1. The summed E-state index contributed by atoms with van der Waals surface area (Å²) in [5.74, 6) is 1.69. The third kappa shape index (κ3) is 3.54. The van der Waals surface area contributed by atoms with Crippen LogP contribution in [0, 0.1) is 11.8 Å². The fourth-order valence-electron chi connectivity index (χ4n) is 3.34. The molecule has 1 aliphatic heterocycles. The van der Waals surface area contributed by atoms with Crippen LogP contribution in [0.15, 0.2) is 0 Å². The molecule has 0 radical (unpaired) electrons. The fourth-order valence-corrected chi connectivity index (χ4v) is 3.34. The van der Waals surface area contributed by atoms with Crippen molar-refractivity contribution >= 4 is 5.78 Å². The predicted molar refractivity (Wildman–Crippen MR) is 71.0 cm³/mol. The van der Waals surface area contributed by atoms with Crippen LogP contribution in [0.4, 0.5) is 0 Å². The normalized spacial score (nSPS) is 36.8. The number of hydrogen-bond donors (Lipinski definition) is 0. The fraction of sp³-hybridized carbons (Fsp3) is 0.933. The van der Waals surface area contributed by atoms with Crippen molar-refractivity contribution in [3.8, 4) is 0 Å². The van der Waals surface area contributed by atoms with E-state index in [1.807, 2.05) is 0 Å². The zero-order valence-corrected chi connectivity index (χ0v) is 11.5. The van der Waals surface area contributed by atoms with Gasteiger partial charge in [-0.15, -0.1) is 0 Å². The summed E-state index contributed by atoms with van der Waals surface area (Å²) in [6, 6.07) is 0.683. The molecule has 0 N–H and O–H groups in total. The Morgan fingerprint density at radius 3 is 2.76 bits per heavy atom. The summed E-state index contributed by atoms with van der Waals surface area (Å²) in [6.07, 6.45) is 8.28. The van der Waals surface area contributed by atoms with Gasteiger partial charge in [-0.2, -0.15) is 0 Å². The molecule has 0 amide bonds. The summed E-state index contributed by atoms with van der Waals surface area (Å²) in [5.41, 5.74) is 0. The summed E-state index contributed by atoms with van der Waals surface area (Å²) in [7, 11) is 0. The summed E-state index contributed by atoms with van der Waals surface area (Å²) in [5, 5.41) is 0. The Morgan fingerprint density at radius 2 is 1.94 bits per heavy atom. The predicted octanol–water partition coefficient (Wildman–Crippen LogP) is 3.26. The lowest BCUT2D eigenvalue weighted by Crippen LogP contribution is -2.44. The van der Waals surface area contributed by atoms with E-state index in [0.717, 1.165) is 31.7 Å². The lowest BCUT2D eigenvalue weighted by molar-refractivity contribution is -0.123. The Hall–Kier alpha value is -0.370. The molecule has 3 atom stereocenters. The van der Waals surface area contributed by atoms with Gasteiger partial charge in [-0.1, -0.05) is 19.8 Å². The highest BCUT2D eigenvalue weighted by atomic mass is 16.1. The highest BCUT2D eigenvalue weighted by molar-refractivity contribution is 5.81. The summed E-state index contributed by atoms with van der Waals surface area (Å²) < 4.78 is 0. The van der Waals surface area contributed by atoms with Gasteiger partial charge in [0, 0.05) is 31.5 Å². The standard InChI is InChI=1S/C15H27NO/c1-12-8-9-13(2)16(10-12)11-14-6-4-3-5-7-15(14)17/h12-14H,3-11H2,1-2H3. The minimum absolute atomic E-state index is 0.338. The molecule has 98 valence electrons. The van der Waals surface area contributed by atoms with Gasteiger partial charge < -0.3 is 0 Å². The molecule has 2 rings (SSSR count). The van der Waals surface area contributed by atoms with E-state index in [0.29, 0.717) is 17.7 Å². The molecule has 0 aromatic rings. The molecular formula is C15H27NO. The van der Waals surface area contributed by atoms with Crippen LogP contribution < -0.4 is 0 Å². The maximum absolute atomic E-state index is 12.0. The number of piperidine rings is 1. The average Bonchev–Trinajstić information content (AvgIpc) is 2.50. The average molecular weight is 237 g/mol. The van der Waals surface area contributed by atoms with Crippen molar-refractivity contribution in [3.05, 3.63) is 0 Å². The monoisotopic (exact) mass is 237 g/mol. The largest absolute Gasteiger partial charge is 0.300 e. The Labute approximate surface area is 106 Å². The first-order chi connectivity index (χ1) is 8.16. The molecule has 0 aromatic heterocycles. The van der Waals surface area contributed by atoms with Crippen molar-refractivity contribution in [3.63, 3.8) is 0 Å². The number of carbonyl (C=O) groups is 1. The molecule has 2 nitrogen and oxygen atoms in total. The number of nitrogens with zero attached hydrogens (tertiary/aromatic N) is 1. The van der Waals surface area contributed by atoms with Crippen LogP contribution in [0.5, 0.6) is 0 Å². The van der Waals surface area contributed by atoms with Gasteiger partial charge in [-0.25, -0.2) is 0 Å². The van der Waals surface area contributed by atoms with Gasteiger partial charge >= 0.3 is 0 Å². The maximum atomic E-state index is 12.0. The zero-order chi connectivity index (χ0) is 12.3. The van der Waals surface area contributed by atoms with E-state index in [9.17, 15) is 4.79 Å². The van der Waals surface area contributed by atoms with E-state index in [1.165, 1.54) is 32.2 Å². The van der Waals surface area contributed by atoms with Gasteiger partial charge in [0.1, 0.15) is 5.78 Å². The first-order valence-corrected chi connectivity index (χ1v) is 7.43. The number of likely N-dealkylation sites (tertiary alicyclic amines) is 1. The van der Waals surface area contributed by atoms with Gasteiger partial charge in [0.05, 0.1) is 0 Å². The van der Waals surface area contributed by atoms with Crippen LogP contribution in [0.3, 0.4) is 0 Å². The smallest absolute Gasteiger partial charge is 0.137 e. The van der Waals surface area contributed by atoms with E-state index in [4.69, 9.17) is 0 Å². The van der Waals surface area contributed by atoms with E-state index in [-0.39, 0.29) is 0 Å². The summed E-state index contributed by atoms with van der Waals surface area (Å²) in [6.45, 7) is 6.90. The van der Waals surface area contributed by atoms with E-state index >= 15 is 0 Å². The van der Waals surface area contributed by atoms with E-state index < -0.39 is 0 Å². The van der Waals surface area contributed by atoms with Crippen molar-refractivity contribution in [2.45, 2.75) is 64.8 Å². The number of rotatable bonds is 2. The van der Waals surface area contributed by atoms with Gasteiger partial charge in [-0.05, 0) is 38.5 Å². The molecule has 2 heteroatoms. The van der Waals surface area contributed by atoms with Crippen LogP contribution in [-0.2, 0) is 4.79 Å². The molecular weight excluding hydrogens is 210 g/mol. The second kappa shape index (κ2) is 5.99. The van der Waals surface area contributed by atoms with Crippen LogP contribution in [-0.4, -0.2) is 29.8 Å². The summed E-state index contributed by atoms with van der Waals surface area (Å²) in [4.78, 5) is 14.6. The molecule has 1 saturated heterocycles. The highest BCUT2D eigenvalue weighted by Gasteiger charge is 2.28. The minimum atomic E-state index is 0.338. The van der Waals surface area contributed by atoms with Gasteiger partial charge in [0.25, 0.3) is 0 Å². The molecule has 1 heterocycles. The van der Waals surface area contributed by atoms with Gasteiger partial charge in [-0.3, -0.25) is 9.69 Å². The Balaban J connectivity index is 1.91. The van der Waals surface area contributed by atoms with Crippen molar-refractivity contribution in [2.75, 3.05) is 13.1 Å². The topological polar surface area (TPSA) is 20.3 Å². The molecule has 2 fully saturated rings. The third-order valence-electron chi connectivity index (χ3n) is 4.63. The minimum Gasteiger partial charge on any atom is -0.300 e. The van der Waals surface area contributed by atoms with Gasteiger partial charge in [0.2, 0.25) is 0 Å². The third-order valence-corrected chi connectivity index (χ3v) is 4.63.